The van der Waals surface area contributed by atoms with E-state index in [1.54, 1.807) is 4.90 Å². The molecule has 144 valence electrons. The van der Waals surface area contributed by atoms with Gasteiger partial charge in [0.15, 0.2) is 6.61 Å². The molecule has 1 aliphatic heterocycles. The summed E-state index contributed by atoms with van der Waals surface area (Å²) in [6, 6.07) is 7.45. The second-order valence-electron chi connectivity index (χ2n) is 6.88. The minimum absolute atomic E-state index is 0.00437. The Hall–Kier alpha value is -2.04. The Morgan fingerprint density at radius 3 is 2.54 bits per heavy atom. The Labute approximate surface area is 157 Å². The van der Waals surface area contributed by atoms with Crippen molar-refractivity contribution in [2.75, 3.05) is 24.6 Å². The topological polar surface area (TPSA) is 58.6 Å². The van der Waals surface area contributed by atoms with E-state index in [0.717, 1.165) is 18.7 Å². The maximum absolute atomic E-state index is 12.1. The Kier molecular flexibility index (Phi) is 9.01. The minimum atomic E-state index is -0.0976. The second-order valence-corrected chi connectivity index (χ2v) is 6.88. The molecular weight excluding hydrogens is 328 g/mol. The zero-order valence-corrected chi connectivity index (χ0v) is 16.0. The number of hydrogen-bond acceptors (Lipinski definition) is 3. The summed E-state index contributed by atoms with van der Waals surface area (Å²) in [4.78, 5) is 25.7. The molecule has 5 nitrogen and oxygen atoms in total. The molecule has 0 aromatic heterocycles. The van der Waals surface area contributed by atoms with E-state index in [-0.39, 0.29) is 18.4 Å². The smallest absolute Gasteiger partial charge is 0.265 e. The standard InChI is InChI=1S/C21H32N2O3/c1-2-3-4-5-6-7-8-11-15-22-20(24)14-16-23-18-12-9-10-13-19(18)26-17-21(23)25/h9-10,12-13H,2-8,11,14-17H2,1H3,(H,22,24). The van der Waals surface area contributed by atoms with Crippen LogP contribution in [0.4, 0.5) is 5.69 Å². The van der Waals surface area contributed by atoms with Crippen LogP contribution >= 0.6 is 0 Å². The normalized spacial score (nSPS) is 13.3. The summed E-state index contributed by atoms with van der Waals surface area (Å²) in [6.07, 6.45) is 10.4. The van der Waals surface area contributed by atoms with Gasteiger partial charge in [-0.05, 0) is 18.6 Å². The number of carbonyl (C=O) groups is 2. The van der Waals surface area contributed by atoms with Gasteiger partial charge in [-0.15, -0.1) is 0 Å². The molecule has 0 radical (unpaired) electrons. The molecule has 5 heteroatoms. The average molecular weight is 360 g/mol. The predicted octanol–water partition coefficient (Wildman–Crippen LogP) is 4.06. The molecule has 1 aromatic rings. The lowest BCUT2D eigenvalue weighted by atomic mass is 10.1. The van der Waals surface area contributed by atoms with E-state index in [1.807, 2.05) is 24.3 Å². The number of ether oxygens (including phenoxy) is 1. The van der Waals surface area contributed by atoms with Crippen molar-refractivity contribution < 1.29 is 14.3 Å². The molecule has 1 heterocycles. The van der Waals surface area contributed by atoms with E-state index in [9.17, 15) is 9.59 Å². The Morgan fingerprint density at radius 1 is 1.08 bits per heavy atom. The van der Waals surface area contributed by atoms with Crippen LogP contribution < -0.4 is 15.0 Å². The number of fused-ring (bicyclic) bond motifs is 1. The van der Waals surface area contributed by atoms with Crippen molar-refractivity contribution in [2.24, 2.45) is 0 Å². The van der Waals surface area contributed by atoms with Crippen LogP contribution in [-0.4, -0.2) is 31.5 Å². The quantitative estimate of drug-likeness (QED) is 0.572. The zero-order chi connectivity index (χ0) is 18.6. The number of unbranched alkanes of at least 4 members (excludes halogenated alkanes) is 7. The third-order valence-electron chi connectivity index (χ3n) is 4.72. The summed E-state index contributed by atoms with van der Waals surface area (Å²) in [5.74, 6) is 0.607. The molecule has 1 aromatic carbocycles. The molecule has 0 atom stereocenters. The summed E-state index contributed by atoms with van der Waals surface area (Å²) in [7, 11) is 0. The van der Waals surface area contributed by atoms with Crippen LogP contribution in [0.1, 0.15) is 64.7 Å². The number of benzene rings is 1. The fraction of sp³-hybridized carbons (Fsp3) is 0.619. The molecule has 0 fully saturated rings. The third kappa shape index (κ3) is 6.70. The monoisotopic (exact) mass is 360 g/mol. The van der Waals surface area contributed by atoms with Gasteiger partial charge >= 0.3 is 0 Å². The highest BCUT2D eigenvalue weighted by molar-refractivity contribution is 5.98. The van der Waals surface area contributed by atoms with Crippen molar-refractivity contribution in [1.82, 2.24) is 5.32 Å². The molecule has 2 amide bonds. The average Bonchev–Trinajstić information content (AvgIpc) is 2.66. The molecule has 1 aliphatic rings. The van der Waals surface area contributed by atoms with Crippen molar-refractivity contribution in [3.05, 3.63) is 24.3 Å². The van der Waals surface area contributed by atoms with E-state index in [2.05, 4.69) is 12.2 Å². The van der Waals surface area contributed by atoms with E-state index in [1.165, 1.54) is 44.9 Å². The van der Waals surface area contributed by atoms with Crippen molar-refractivity contribution >= 4 is 17.5 Å². The predicted molar refractivity (Wildman–Crippen MR) is 105 cm³/mol. The number of para-hydroxylation sites is 2. The highest BCUT2D eigenvalue weighted by Crippen LogP contribution is 2.31. The number of rotatable bonds is 12. The zero-order valence-electron chi connectivity index (χ0n) is 16.0. The molecule has 0 bridgehead atoms. The maximum atomic E-state index is 12.1. The van der Waals surface area contributed by atoms with Gasteiger partial charge in [-0.2, -0.15) is 0 Å². The first-order valence-electron chi connectivity index (χ1n) is 10.0. The second kappa shape index (κ2) is 11.6. The molecule has 0 saturated heterocycles. The lowest BCUT2D eigenvalue weighted by molar-refractivity contribution is -0.122. The number of hydrogen-bond donors (Lipinski definition) is 1. The Morgan fingerprint density at radius 2 is 1.77 bits per heavy atom. The van der Waals surface area contributed by atoms with Gasteiger partial charge in [-0.3, -0.25) is 9.59 Å². The van der Waals surface area contributed by atoms with E-state index >= 15 is 0 Å². The largest absolute Gasteiger partial charge is 0.482 e. The summed E-state index contributed by atoms with van der Waals surface area (Å²) in [5, 5.41) is 2.96. The van der Waals surface area contributed by atoms with Gasteiger partial charge < -0.3 is 15.0 Å². The molecule has 26 heavy (non-hydrogen) atoms. The highest BCUT2D eigenvalue weighted by Gasteiger charge is 2.25. The van der Waals surface area contributed by atoms with Crippen LogP contribution in [-0.2, 0) is 9.59 Å². The lowest BCUT2D eigenvalue weighted by Gasteiger charge is -2.29. The Balaban J connectivity index is 1.58. The van der Waals surface area contributed by atoms with Crippen LogP contribution in [0.2, 0.25) is 0 Å². The SMILES string of the molecule is CCCCCCCCCCNC(=O)CCN1C(=O)COc2ccccc21. The van der Waals surface area contributed by atoms with Gasteiger partial charge in [0.2, 0.25) is 5.91 Å². The number of nitrogens with one attached hydrogen (secondary N) is 1. The van der Waals surface area contributed by atoms with Crippen LogP contribution in [0, 0.1) is 0 Å². The van der Waals surface area contributed by atoms with Crippen LogP contribution in [0.5, 0.6) is 5.75 Å². The minimum Gasteiger partial charge on any atom is -0.482 e. The van der Waals surface area contributed by atoms with Crippen molar-refractivity contribution in [3.63, 3.8) is 0 Å². The van der Waals surface area contributed by atoms with Gasteiger partial charge in [0, 0.05) is 19.5 Å². The van der Waals surface area contributed by atoms with E-state index < -0.39 is 0 Å². The Bertz CT molecular complexity index is 574. The molecule has 0 aliphatic carbocycles. The van der Waals surface area contributed by atoms with Crippen molar-refractivity contribution in [1.29, 1.82) is 0 Å². The first kappa shape index (κ1) is 20.3. The molecular formula is C21H32N2O3. The molecule has 0 unspecified atom stereocenters. The number of nitrogens with zero attached hydrogens (tertiary/aromatic N) is 1. The van der Waals surface area contributed by atoms with Gasteiger partial charge in [0.25, 0.3) is 5.91 Å². The summed E-state index contributed by atoms with van der Waals surface area (Å²) in [6.45, 7) is 3.39. The molecule has 0 saturated carbocycles. The van der Waals surface area contributed by atoms with Gasteiger partial charge in [0.1, 0.15) is 5.75 Å². The molecule has 0 spiro atoms. The summed E-state index contributed by atoms with van der Waals surface area (Å²) in [5.41, 5.74) is 0.750. The fourth-order valence-electron chi connectivity index (χ4n) is 3.19. The van der Waals surface area contributed by atoms with Crippen molar-refractivity contribution in [3.8, 4) is 5.75 Å². The first-order valence-corrected chi connectivity index (χ1v) is 10.0. The number of anilines is 1. The van der Waals surface area contributed by atoms with Crippen LogP contribution in [0.3, 0.4) is 0 Å². The number of carbonyl (C=O) groups excluding carboxylic acids is 2. The van der Waals surface area contributed by atoms with Gasteiger partial charge in [0.05, 0.1) is 5.69 Å². The number of amides is 2. The van der Waals surface area contributed by atoms with E-state index in [4.69, 9.17) is 4.74 Å². The first-order chi connectivity index (χ1) is 12.7. The third-order valence-corrected chi connectivity index (χ3v) is 4.72. The van der Waals surface area contributed by atoms with Crippen LogP contribution in [0.25, 0.3) is 0 Å². The maximum Gasteiger partial charge on any atom is 0.265 e. The van der Waals surface area contributed by atoms with Gasteiger partial charge in [-0.25, -0.2) is 0 Å². The molecule has 1 N–H and O–H groups in total. The highest BCUT2D eigenvalue weighted by atomic mass is 16.5. The summed E-state index contributed by atoms with van der Waals surface area (Å²) < 4.78 is 5.41. The van der Waals surface area contributed by atoms with E-state index in [0.29, 0.717) is 18.7 Å². The van der Waals surface area contributed by atoms with Crippen LogP contribution in [0.15, 0.2) is 24.3 Å². The molecule has 2 rings (SSSR count). The van der Waals surface area contributed by atoms with Crippen molar-refractivity contribution in [2.45, 2.75) is 64.7 Å². The van der Waals surface area contributed by atoms with Gasteiger partial charge in [-0.1, -0.05) is 64.0 Å². The fourth-order valence-corrected chi connectivity index (χ4v) is 3.19. The summed E-state index contributed by atoms with van der Waals surface area (Å²) >= 11 is 0. The lowest BCUT2D eigenvalue weighted by Crippen LogP contribution is -2.41.